The molecule has 226 valence electrons. The molecule has 0 aliphatic carbocycles. The highest BCUT2D eigenvalue weighted by Crippen LogP contribution is 2.54. The molecule has 0 spiro atoms. The fourth-order valence-corrected chi connectivity index (χ4v) is 8.16. The lowest BCUT2D eigenvalue weighted by atomic mass is 9.83. The second-order valence-electron chi connectivity index (χ2n) is 10.1. The minimum atomic E-state index is -4.61. The van der Waals surface area contributed by atoms with E-state index in [0.717, 1.165) is 58.3 Å². The molecule has 1 aromatic heterocycles. The first-order valence-corrected chi connectivity index (χ1v) is 14.8. The number of methoxy groups -OCH3 is 1. The molecular formula is C30H21F4N3O5S2. The maximum absolute atomic E-state index is 13.9. The summed E-state index contributed by atoms with van der Waals surface area (Å²) in [6, 6.07) is 15.9. The summed E-state index contributed by atoms with van der Waals surface area (Å²) in [5.74, 6) is -3.46. The van der Waals surface area contributed by atoms with Crippen LogP contribution < -0.4 is 19.8 Å². The zero-order valence-corrected chi connectivity index (χ0v) is 24.3. The van der Waals surface area contributed by atoms with Crippen LogP contribution in [0.4, 0.5) is 28.9 Å². The first kappa shape index (κ1) is 29.6. The molecule has 0 radical (unpaired) electrons. The zero-order chi connectivity index (χ0) is 31.3. The average molecular weight is 644 g/mol. The van der Waals surface area contributed by atoms with Gasteiger partial charge in [0.1, 0.15) is 23.4 Å². The molecular weight excluding hydrogens is 622 g/mol. The maximum atomic E-state index is 13.9. The Bertz CT molecular complexity index is 1840. The number of hydrogen-bond donors (Lipinski definition) is 1. The van der Waals surface area contributed by atoms with Crippen molar-refractivity contribution in [3.8, 4) is 5.75 Å². The minimum Gasteiger partial charge on any atom is -0.497 e. The summed E-state index contributed by atoms with van der Waals surface area (Å²) in [4.78, 5) is 54.8. The predicted octanol–water partition coefficient (Wildman–Crippen LogP) is 5.51. The monoisotopic (exact) mass is 643 g/mol. The van der Waals surface area contributed by atoms with Gasteiger partial charge in [-0.15, -0.1) is 0 Å². The Hall–Kier alpha value is -4.43. The van der Waals surface area contributed by atoms with Crippen LogP contribution in [0.15, 0.2) is 82.6 Å². The lowest BCUT2D eigenvalue weighted by molar-refractivity contribution is -0.137. The first-order chi connectivity index (χ1) is 21.0. The van der Waals surface area contributed by atoms with Gasteiger partial charge in [-0.2, -0.15) is 13.2 Å². The predicted molar refractivity (Wildman–Crippen MR) is 156 cm³/mol. The van der Waals surface area contributed by atoms with E-state index in [9.17, 15) is 36.7 Å². The number of carbonyl (C=O) groups excluding carboxylic acids is 3. The average Bonchev–Trinajstić information content (AvgIpc) is 3.43. The van der Waals surface area contributed by atoms with Crippen LogP contribution in [0.3, 0.4) is 0 Å². The van der Waals surface area contributed by atoms with Gasteiger partial charge in [0.25, 0.3) is 0 Å². The molecule has 8 nitrogen and oxygen atoms in total. The molecule has 3 heterocycles. The molecule has 2 unspecified atom stereocenters. The van der Waals surface area contributed by atoms with E-state index in [4.69, 9.17) is 4.74 Å². The van der Waals surface area contributed by atoms with Crippen molar-refractivity contribution >= 4 is 52.2 Å². The van der Waals surface area contributed by atoms with Crippen molar-refractivity contribution < 1.29 is 36.7 Å². The van der Waals surface area contributed by atoms with Gasteiger partial charge in [-0.05, 0) is 60.2 Å². The Balaban J connectivity index is 1.38. The minimum absolute atomic E-state index is 0.0997. The topological polar surface area (TPSA) is 97.7 Å². The number of rotatable bonds is 6. The molecule has 3 aromatic carbocycles. The van der Waals surface area contributed by atoms with E-state index in [1.54, 1.807) is 24.3 Å². The van der Waals surface area contributed by atoms with Crippen LogP contribution in [0.5, 0.6) is 5.75 Å². The number of nitrogens with zero attached hydrogens (tertiary/aromatic N) is 2. The summed E-state index contributed by atoms with van der Waals surface area (Å²) in [7, 11) is 1.50. The number of aromatic nitrogens is 1. The van der Waals surface area contributed by atoms with Gasteiger partial charge >= 0.3 is 11.0 Å². The molecule has 44 heavy (non-hydrogen) atoms. The van der Waals surface area contributed by atoms with Gasteiger partial charge in [0.15, 0.2) is 0 Å². The molecule has 0 bridgehead atoms. The number of anilines is 2. The normalized spacial score (nSPS) is 19.5. The standard InChI is InChI=1S/C30H21F4N3O5S2/c1-42-20-11-5-15(6-12-20)22-23-24(27(40)37(26(23)39)19-9-7-17(31)8-10-19)43-28-25(22)44-29(41)36(28)14-21(38)35-18-4-2-3-16(13-18)30(32,33)34/h2-13,22-24H,14H2,1H3,(H,35,38)/t22-,23?,24?/m1/s1. The Morgan fingerprint density at radius 1 is 0.977 bits per heavy atom. The summed E-state index contributed by atoms with van der Waals surface area (Å²) in [5, 5.41) is 1.74. The van der Waals surface area contributed by atoms with Gasteiger partial charge in [0.2, 0.25) is 17.7 Å². The zero-order valence-electron chi connectivity index (χ0n) is 22.6. The number of carbonyl (C=O) groups is 3. The number of thioether (sulfide) groups is 1. The van der Waals surface area contributed by atoms with Gasteiger partial charge in [-0.25, -0.2) is 9.29 Å². The van der Waals surface area contributed by atoms with Crippen molar-refractivity contribution in [3.05, 3.63) is 104 Å². The lowest BCUT2D eigenvalue weighted by Gasteiger charge is -2.30. The fraction of sp³-hybridized carbons (Fsp3) is 0.200. The summed E-state index contributed by atoms with van der Waals surface area (Å²) in [6.07, 6.45) is -4.61. The molecule has 1 N–H and O–H groups in total. The Kier molecular flexibility index (Phi) is 7.58. The van der Waals surface area contributed by atoms with E-state index in [0.29, 0.717) is 21.2 Å². The van der Waals surface area contributed by atoms with Gasteiger partial charge in [-0.1, -0.05) is 41.3 Å². The second kappa shape index (κ2) is 11.2. The Labute approximate surface area is 255 Å². The molecule has 2 aliphatic rings. The molecule has 14 heteroatoms. The first-order valence-electron chi connectivity index (χ1n) is 13.1. The Morgan fingerprint density at radius 3 is 2.34 bits per heavy atom. The molecule has 3 amide bonds. The number of hydrogen-bond acceptors (Lipinski definition) is 7. The number of nitrogens with one attached hydrogen (secondary N) is 1. The molecule has 1 fully saturated rings. The number of amides is 3. The van der Waals surface area contributed by atoms with Crippen molar-refractivity contribution in [1.29, 1.82) is 0 Å². The fourth-order valence-electron chi connectivity index (χ4n) is 5.39. The van der Waals surface area contributed by atoms with Crippen molar-refractivity contribution in [1.82, 2.24) is 4.57 Å². The molecule has 3 atom stereocenters. The van der Waals surface area contributed by atoms with Gasteiger partial charge in [0, 0.05) is 16.5 Å². The number of alkyl halides is 3. The third kappa shape index (κ3) is 5.28. The number of imide groups is 1. The molecule has 6 rings (SSSR count). The van der Waals surface area contributed by atoms with Crippen molar-refractivity contribution in [2.75, 3.05) is 17.3 Å². The van der Waals surface area contributed by atoms with Crippen LogP contribution in [0.1, 0.15) is 21.9 Å². The van der Waals surface area contributed by atoms with Gasteiger partial charge in [0.05, 0.1) is 29.3 Å². The van der Waals surface area contributed by atoms with Crippen LogP contribution >= 0.6 is 23.1 Å². The van der Waals surface area contributed by atoms with E-state index in [-0.39, 0.29) is 11.4 Å². The maximum Gasteiger partial charge on any atom is 0.416 e. The summed E-state index contributed by atoms with van der Waals surface area (Å²) < 4.78 is 59.5. The quantitative estimate of drug-likeness (QED) is 0.220. The van der Waals surface area contributed by atoms with Crippen LogP contribution in [-0.2, 0) is 27.1 Å². The number of thiazole rings is 1. The van der Waals surface area contributed by atoms with Crippen molar-refractivity contribution in [3.63, 3.8) is 0 Å². The molecule has 2 aliphatic heterocycles. The number of ether oxygens (including phenoxy) is 1. The third-order valence-corrected chi connectivity index (χ3v) is 9.99. The lowest BCUT2D eigenvalue weighted by Crippen LogP contribution is -2.33. The van der Waals surface area contributed by atoms with Crippen molar-refractivity contribution in [2.24, 2.45) is 5.92 Å². The molecule has 1 saturated heterocycles. The van der Waals surface area contributed by atoms with E-state index in [2.05, 4.69) is 5.32 Å². The number of fused-ring (bicyclic) bond motifs is 2. The van der Waals surface area contributed by atoms with Crippen LogP contribution in [0, 0.1) is 11.7 Å². The van der Waals surface area contributed by atoms with Crippen molar-refractivity contribution in [2.45, 2.75) is 28.9 Å². The van der Waals surface area contributed by atoms with E-state index >= 15 is 0 Å². The largest absolute Gasteiger partial charge is 0.497 e. The highest BCUT2D eigenvalue weighted by Gasteiger charge is 2.56. The smallest absolute Gasteiger partial charge is 0.416 e. The van der Waals surface area contributed by atoms with Crippen LogP contribution in [0.2, 0.25) is 0 Å². The van der Waals surface area contributed by atoms with E-state index in [1.165, 1.54) is 29.9 Å². The van der Waals surface area contributed by atoms with E-state index in [1.807, 2.05) is 0 Å². The third-order valence-electron chi connectivity index (χ3n) is 7.38. The SMILES string of the molecule is COc1ccc([C@H]2c3sc(=O)n(CC(=O)Nc4cccc(C(F)(F)F)c4)c3SC3C(=O)N(c4ccc(F)cc4)C(=O)C32)cc1. The highest BCUT2D eigenvalue weighted by atomic mass is 32.2. The van der Waals surface area contributed by atoms with Gasteiger partial charge in [-0.3, -0.25) is 23.7 Å². The van der Waals surface area contributed by atoms with E-state index < -0.39 is 63.8 Å². The second-order valence-corrected chi connectivity index (χ2v) is 12.2. The number of benzene rings is 3. The van der Waals surface area contributed by atoms with Gasteiger partial charge < -0.3 is 10.1 Å². The summed E-state index contributed by atoms with van der Waals surface area (Å²) in [5.41, 5.74) is -0.214. The Morgan fingerprint density at radius 2 is 1.68 bits per heavy atom. The molecule has 4 aromatic rings. The molecule has 0 saturated carbocycles. The van der Waals surface area contributed by atoms with Crippen LogP contribution in [0.25, 0.3) is 0 Å². The highest BCUT2D eigenvalue weighted by molar-refractivity contribution is 8.00. The summed E-state index contributed by atoms with van der Waals surface area (Å²) in [6.45, 7) is -0.537. The van der Waals surface area contributed by atoms with Crippen LogP contribution in [-0.4, -0.2) is 34.6 Å². The number of halogens is 4. The summed E-state index contributed by atoms with van der Waals surface area (Å²) >= 11 is 1.81.